The second kappa shape index (κ2) is 14.5. The molecule has 0 aromatic heterocycles. The summed E-state index contributed by atoms with van der Waals surface area (Å²) in [7, 11) is 1.36. The van der Waals surface area contributed by atoms with Crippen molar-refractivity contribution in [2.45, 2.75) is 25.9 Å². The first-order chi connectivity index (χ1) is 22.9. The second-order valence-electron chi connectivity index (χ2n) is 11.8. The van der Waals surface area contributed by atoms with Crippen molar-refractivity contribution in [3.63, 3.8) is 0 Å². The van der Waals surface area contributed by atoms with Crippen molar-refractivity contribution in [3.05, 3.63) is 161 Å². The number of carbonyl (C=O) groups is 2. The summed E-state index contributed by atoms with van der Waals surface area (Å²) in [6, 6.07) is 41.5. The molecule has 0 bridgehead atoms. The SMILES string of the molecule is COC(=O)c1cccc(NC(=S)CC[N+]2(C(=O)c3ccc(Cc4ccccc4)cc3)CCc3cc(OCc4ccccc4)ccc32)c1. The van der Waals surface area contributed by atoms with Crippen molar-refractivity contribution in [1.82, 2.24) is 4.48 Å². The minimum atomic E-state index is -0.412. The summed E-state index contributed by atoms with van der Waals surface area (Å²) in [6.07, 6.45) is 2.03. The molecule has 1 atom stereocenters. The number of fused-ring (bicyclic) bond motifs is 1. The first kappa shape index (κ1) is 31.9. The Hall–Kier alpha value is -5.11. The summed E-state index contributed by atoms with van der Waals surface area (Å²) in [5, 5.41) is 3.26. The Morgan fingerprint density at radius 1 is 0.766 bits per heavy atom. The van der Waals surface area contributed by atoms with Gasteiger partial charge in [0.2, 0.25) is 0 Å². The van der Waals surface area contributed by atoms with Gasteiger partial charge in [-0.1, -0.05) is 91.1 Å². The Morgan fingerprint density at radius 3 is 2.19 bits per heavy atom. The van der Waals surface area contributed by atoms with Crippen molar-refractivity contribution in [1.29, 1.82) is 0 Å². The lowest BCUT2D eigenvalue weighted by molar-refractivity contribution is 0.0600. The molecule has 1 unspecified atom stereocenters. The Balaban J connectivity index is 1.24. The van der Waals surface area contributed by atoms with Gasteiger partial charge < -0.3 is 14.8 Å². The second-order valence-corrected chi connectivity index (χ2v) is 12.3. The number of thiocarbonyl (C=S) groups is 1. The molecular formula is C40H37N2O4S+. The van der Waals surface area contributed by atoms with Gasteiger partial charge in [0.25, 0.3) is 0 Å². The number of rotatable bonds is 11. The van der Waals surface area contributed by atoms with Gasteiger partial charge in [0, 0.05) is 30.2 Å². The number of esters is 1. The lowest BCUT2D eigenvalue weighted by atomic mass is 10.0. The normalized spacial score (nSPS) is 15.0. The fraction of sp³-hybridized carbons (Fsp3) is 0.175. The number of carbonyl (C=O) groups excluding carboxylic acids is 2. The summed E-state index contributed by atoms with van der Waals surface area (Å²) >= 11 is 5.77. The maximum Gasteiger partial charge on any atom is 0.350 e. The van der Waals surface area contributed by atoms with E-state index in [4.69, 9.17) is 21.7 Å². The summed E-state index contributed by atoms with van der Waals surface area (Å²) in [4.78, 5) is 27.2. The van der Waals surface area contributed by atoms with Crippen LogP contribution in [0.3, 0.4) is 0 Å². The lowest BCUT2D eigenvalue weighted by Crippen LogP contribution is -2.54. The fourth-order valence-electron chi connectivity index (χ4n) is 6.19. The Morgan fingerprint density at radius 2 is 1.47 bits per heavy atom. The van der Waals surface area contributed by atoms with Crippen molar-refractivity contribution >= 4 is 40.5 Å². The lowest BCUT2D eigenvalue weighted by Gasteiger charge is -2.32. The van der Waals surface area contributed by atoms with Gasteiger partial charge >= 0.3 is 11.9 Å². The van der Waals surface area contributed by atoms with Crippen molar-refractivity contribution in [2.75, 3.05) is 25.5 Å². The van der Waals surface area contributed by atoms with Gasteiger partial charge in [-0.3, -0.25) is 0 Å². The topological polar surface area (TPSA) is 64.6 Å². The van der Waals surface area contributed by atoms with Crippen LogP contribution in [0.4, 0.5) is 11.4 Å². The Bertz CT molecular complexity index is 1880. The van der Waals surface area contributed by atoms with Crippen LogP contribution < -0.4 is 14.5 Å². The third-order valence-electron chi connectivity index (χ3n) is 8.65. The van der Waals surface area contributed by atoms with E-state index in [0.717, 1.165) is 41.0 Å². The standard InChI is InChI=1S/C40H36N2O4S/c1-45-40(44)34-13-8-14-35(26-34)41-38(47)22-24-42(39(43)32-17-15-30(16-18-32)25-29-9-4-2-5-10-29)23-21-33-27-36(19-20-37(33)42)46-28-31-11-6-3-7-12-31/h2-20,26-27H,21-25,28H2,1H3/p+1. The molecule has 0 spiro atoms. The van der Waals surface area contributed by atoms with Crippen LogP contribution >= 0.6 is 12.2 Å². The van der Waals surface area contributed by atoms with E-state index < -0.39 is 5.97 Å². The number of amides is 1. The third-order valence-corrected chi connectivity index (χ3v) is 8.96. The van der Waals surface area contributed by atoms with Gasteiger partial charge in [-0.2, -0.15) is 0 Å². The molecule has 0 aliphatic carbocycles. The first-order valence-corrected chi connectivity index (χ1v) is 16.2. The summed E-state index contributed by atoms with van der Waals surface area (Å²) in [6.45, 7) is 1.60. The van der Waals surface area contributed by atoms with Gasteiger partial charge in [-0.05, 0) is 65.6 Å². The molecule has 1 N–H and O–H groups in total. The number of nitrogens with one attached hydrogen (secondary N) is 1. The zero-order chi connectivity index (χ0) is 32.6. The predicted molar refractivity (Wildman–Crippen MR) is 191 cm³/mol. The Kier molecular flexibility index (Phi) is 9.86. The van der Waals surface area contributed by atoms with E-state index in [-0.39, 0.29) is 10.4 Å². The average Bonchev–Trinajstić information content (AvgIpc) is 3.49. The molecular weight excluding hydrogens is 605 g/mol. The van der Waals surface area contributed by atoms with E-state index in [9.17, 15) is 9.59 Å². The summed E-state index contributed by atoms with van der Waals surface area (Å²) in [5.41, 5.74) is 7.37. The number of ether oxygens (including phenoxy) is 2. The number of anilines is 1. The largest absolute Gasteiger partial charge is 0.489 e. The summed E-state index contributed by atoms with van der Waals surface area (Å²) < 4.78 is 11.2. The van der Waals surface area contributed by atoms with Crippen molar-refractivity contribution < 1.29 is 19.1 Å². The van der Waals surface area contributed by atoms with E-state index in [1.54, 1.807) is 18.2 Å². The number of benzene rings is 5. The maximum atomic E-state index is 14.5. The molecule has 1 aliphatic heterocycles. The zero-order valence-electron chi connectivity index (χ0n) is 26.4. The molecule has 1 amide bonds. The van der Waals surface area contributed by atoms with Crippen LogP contribution in [-0.4, -0.2) is 37.1 Å². The molecule has 5 aromatic carbocycles. The summed E-state index contributed by atoms with van der Waals surface area (Å²) in [5.74, 6) is 0.418. The molecule has 0 saturated carbocycles. The molecule has 6 rings (SSSR count). The molecule has 0 saturated heterocycles. The first-order valence-electron chi connectivity index (χ1n) is 15.8. The molecule has 7 heteroatoms. The van der Waals surface area contributed by atoms with Crippen LogP contribution in [0.25, 0.3) is 0 Å². The van der Waals surface area contributed by atoms with Gasteiger partial charge in [-0.25, -0.2) is 14.1 Å². The smallest absolute Gasteiger partial charge is 0.350 e. The maximum absolute atomic E-state index is 14.5. The predicted octanol–water partition coefficient (Wildman–Crippen LogP) is 8.18. The van der Waals surface area contributed by atoms with Crippen LogP contribution in [0.15, 0.2) is 127 Å². The molecule has 47 heavy (non-hydrogen) atoms. The van der Waals surface area contributed by atoms with E-state index in [2.05, 4.69) is 35.6 Å². The van der Waals surface area contributed by atoms with Crippen LogP contribution in [0.5, 0.6) is 5.75 Å². The molecule has 1 aliphatic rings. The molecule has 236 valence electrons. The highest BCUT2D eigenvalue weighted by Gasteiger charge is 2.45. The van der Waals surface area contributed by atoms with Crippen LogP contribution in [0.1, 0.15) is 49.4 Å². The quantitative estimate of drug-likeness (QED) is 0.0892. The number of quaternary nitrogens is 1. The molecule has 6 nitrogen and oxygen atoms in total. The van der Waals surface area contributed by atoms with E-state index in [1.165, 1.54) is 12.7 Å². The molecule has 0 radical (unpaired) electrons. The van der Waals surface area contributed by atoms with Gasteiger partial charge in [0.15, 0.2) is 0 Å². The van der Waals surface area contributed by atoms with Crippen molar-refractivity contribution in [3.8, 4) is 5.75 Å². The van der Waals surface area contributed by atoms with Gasteiger partial charge in [0.1, 0.15) is 18.0 Å². The van der Waals surface area contributed by atoms with Gasteiger partial charge in [-0.15, -0.1) is 0 Å². The highest BCUT2D eigenvalue weighted by atomic mass is 32.1. The molecule has 5 aromatic rings. The number of nitrogens with zero attached hydrogens (tertiary/aromatic N) is 1. The zero-order valence-corrected chi connectivity index (χ0v) is 27.2. The number of hydrogen-bond acceptors (Lipinski definition) is 5. The highest BCUT2D eigenvalue weighted by molar-refractivity contribution is 7.80. The minimum absolute atomic E-state index is 0.0449. The number of hydrogen-bond donors (Lipinski definition) is 1. The van der Waals surface area contributed by atoms with E-state index >= 15 is 0 Å². The Labute approximate surface area is 281 Å². The average molecular weight is 642 g/mol. The van der Waals surface area contributed by atoms with Crippen LogP contribution in [0.2, 0.25) is 0 Å². The minimum Gasteiger partial charge on any atom is -0.489 e. The monoisotopic (exact) mass is 641 g/mol. The number of methoxy groups -OCH3 is 1. The third kappa shape index (κ3) is 7.49. The molecule has 1 heterocycles. The van der Waals surface area contributed by atoms with E-state index in [1.807, 2.05) is 78.9 Å². The van der Waals surface area contributed by atoms with Gasteiger partial charge in [0.05, 0.1) is 36.3 Å². The van der Waals surface area contributed by atoms with Crippen molar-refractivity contribution in [2.24, 2.45) is 0 Å². The van der Waals surface area contributed by atoms with E-state index in [0.29, 0.717) is 47.9 Å². The molecule has 0 fully saturated rings. The van der Waals surface area contributed by atoms with Crippen LogP contribution in [-0.2, 0) is 24.2 Å². The fourth-order valence-corrected chi connectivity index (χ4v) is 6.40. The highest BCUT2D eigenvalue weighted by Crippen LogP contribution is 2.39. The van der Waals surface area contributed by atoms with Crippen LogP contribution in [0, 0.1) is 0 Å².